The van der Waals surface area contributed by atoms with E-state index in [4.69, 9.17) is 4.74 Å². The molecule has 2 unspecified atom stereocenters. The van der Waals surface area contributed by atoms with Gasteiger partial charge in [-0.2, -0.15) is 0 Å². The van der Waals surface area contributed by atoms with Gasteiger partial charge in [-0.1, -0.05) is 0 Å². The van der Waals surface area contributed by atoms with Crippen molar-refractivity contribution < 1.29 is 13.9 Å². The first-order chi connectivity index (χ1) is 5.11. The maximum absolute atomic E-state index is 12.1. The van der Waals surface area contributed by atoms with Crippen LogP contribution in [0.3, 0.4) is 0 Å². The predicted octanol–water partition coefficient (Wildman–Crippen LogP) is 0.496. The van der Waals surface area contributed by atoms with Gasteiger partial charge in [0.15, 0.2) is 0 Å². The second-order valence-corrected chi connectivity index (χ2v) is 2.42. The highest BCUT2D eigenvalue weighted by atomic mass is 19.1. The van der Waals surface area contributed by atoms with Crippen LogP contribution < -0.4 is 5.32 Å². The van der Waals surface area contributed by atoms with Gasteiger partial charge >= 0.3 is 0 Å². The number of hydrogen-bond acceptors (Lipinski definition) is 2. The van der Waals surface area contributed by atoms with Crippen LogP contribution in [0.4, 0.5) is 4.39 Å². The molecule has 0 aromatic rings. The summed E-state index contributed by atoms with van der Waals surface area (Å²) in [6.07, 6.45) is -0.543. The molecule has 0 aromatic heterocycles. The molecule has 1 N–H and O–H groups in total. The van der Waals surface area contributed by atoms with E-state index >= 15 is 0 Å². The monoisotopic (exact) mass is 163 g/mol. The number of alkyl halides is 1. The van der Waals surface area contributed by atoms with Gasteiger partial charge in [-0.15, -0.1) is 0 Å². The summed E-state index contributed by atoms with van der Waals surface area (Å²) >= 11 is 0. The van der Waals surface area contributed by atoms with Crippen LogP contribution >= 0.6 is 0 Å². The molecule has 0 aliphatic rings. The lowest BCUT2D eigenvalue weighted by atomic mass is 10.2. The van der Waals surface area contributed by atoms with Gasteiger partial charge in [0.25, 0.3) is 0 Å². The lowest BCUT2D eigenvalue weighted by Crippen LogP contribution is -2.42. The quantitative estimate of drug-likeness (QED) is 0.655. The molecule has 4 heteroatoms. The van der Waals surface area contributed by atoms with Gasteiger partial charge in [0.2, 0.25) is 5.91 Å². The summed E-state index contributed by atoms with van der Waals surface area (Å²) in [5, 5.41) is 2.54. The van der Waals surface area contributed by atoms with Crippen molar-refractivity contribution in [1.82, 2.24) is 5.32 Å². The molecule has 3 nitrogen and oxygen atoms in total. The van der Waals surface area contributed by atoms with Crippen molar-refractivity contribution >= 4 is 5.91 Å². The minimum atomic E-state index is -0.585. The molecule has 0 rings (SSSR count). The molecule has 0 aliphatic carbocycles. The number of hydrogen-bond donors (Lipinski definition) is 1. The highest BCUT2D eigenvalue weighted by molar-refractivity contribution is 5.73. The highest BCUT2D eigenvalue weighted by Gasteiger charge is 2.16. The van der Waals surface area contributed by atoms with Crippen molar-refractivity contribution in [3.8, 4) is 0 Å². The average molecular weight is 163 g/mol. The zero-order valence-corrected chi connectivity index (χ0v) is 7.06. The molecule has 2 atom stereocenters. The number of methoxy groups -OCH3 is 1. The van der Waals surface area contributed by atoms with E-state index in [9.17, 15) is 9.18 Å². The third-order valence-electron chi connectivity index (χ3n) is 1.44. The topological polar surface area (TPSA) is 38.3 Å². The van der Waals surface area contributed by atoms with Crippen molar-refractivity contribution in [2.45, 2.75) is 26.0 Å². The van der Waals surface area contributed by atoms with E-state index in [0.29, 0.717) is 0 Å². The largest absolute Gasteiger partial charge is 0.377 e. The predicted molar refractivity (Wildman–Crippen MR) is 40.1 cm³/mol. The van der Waals surface area contributed by atoms with Crippen LogP contribution in [-0.4, -0.2) is 31.8 Å². The smallest absolute Gasteiger partial charge is 0.217 e. The molecule has 0 bridgehead atoms. The average Bonchev–Trinajstić information content (AvgIpc) is 1.88. The lowest BCUT2D eigenvalue weighted by Gasteiger charge is -2.19. The fraction of sp³-hybridized carbons (Fsp3) is 0.857. The minimum Gasteiger partial charge on any atom is -0.377 e. The molecule has 0 saturated carbocycles. The second-order valence-electron chi connectivity index (χ2n) is 2.42. The molecular formula is C7H14FNO2. The summed E-state index contributed by atoms with van der Waals surface area (Å²) in [5.41, 5.74) is 0. The molecule has 11 heavy (non-hydrogen) atoms. The van der Waals surface area contributed by atoms with E-state index in [1.165, 1.54) is 14.0 Å². The van der Waals surface area contributed by atoms with Gasteiger partial charge in [-0.05, 0) is 6.92 Å². The second kappa shape index (κ2) is 5.07. The number of nitrogens with one attached hydrogen (secondary N) is 1. The minimum absolute atomic E-state index is 0.173. The Balaban J connectivity index is 3.78. The summed E-state index contributed by atoms with van der Waals surface area (Å²) in [6.45, 7) is 2.51. The van der Waals surface area contributed by atoms with Crippen molar-refractivity contribution in [3.05, 3.63) is 0 Å². The zero-order chi connectivity index (χ0) is 8.85. The van der Waals surface area contributed by atoms with E-state index < -0.39 is 12.8 Å². The van der Waals surface area contributed by atoms with Crippen LogP contribution in [0.1, 0.15) is 13.8 Å². The molecule has 0 saturated heterocycles. The van der Waals surface area contributed by atoms with Crippen LogP contribution in [0.25, 0.3) is 0 Å². The molecule has 0 aromatic carbocycles. The third-order valence-corrected chi connectivity index (χ3v) is 1.44. The van der Waals surface area contributed by atoms with Gasteiger partial charge in [0, 0.05) is 14.0 Å². The Morgan fingerprint density at radius 1 is 1.73 bits per heavy atom. The number of halogens is 1. The number of rotatable bonds is 4. The summed E-state index contributed by atoms with van der Waals surface area (Å²) < 4.78 is 16.9. The standard InChI is InChI=1S/C7H14FNO2/c1-5(9-6(2)10)7(4-8)11-3/h5,7H,4H2,1-3H3,(H,9,10). The van der Waals surface area contributed by atoms with Crippen molar-refractivity contribution in [3.63, 3.8) is 0 Å². The zero-order valence-electron chi connectivity index (χ0n) is 7.06. The first-order valence-electron chi connectivity index (χ1n) is 3.47. The summed E-state index contributed by atoms with van der Waals surface area (Å²) in [7, 11) is 1.42. The van der Waals surface area contributed by atoms with Crippen LogP contribution in [0.15, 0.2) is 0 Å². The fourth-order valence-electron chi connectivity index (χ4n) is 0.814. The Morgan fingerprint density at radius 3 is 2.55 bits per heavy atom. The lowest BCUT2D eigenvalue weighted by molar-refractivity contribution is -0.120. The maximum Gasteiger partial charge on any atom is 0.217 e. The van der Waals surface area contributed by atoms with E-state index in [1.807, 2.05) is 0 Å². The van der Waals surface area contributed by atoms with E-state index in [1.54, 1.807) is 6.92 Å². The Morgan fingerprint density at radius 2 is 2.27 bits per heavy atom. The molecular weight excluding hydrogens is 149 g/mol. The summed E-state index contributed by atoms with van der Waals surface area (Å²) in [5.74, 6) is -0.173. The molecule has 0 fully saturated rings. The SMILES string of the molecule is COC(CF)C(C)NC(C)=O. The van der Waals surface area contributed by atoms with Gasteiger partial charge < -0.3 is 10.1 Å². The Labute approximate surface area is 65.9 Å². The van der Waals surface area contributed by atoms with E-state index in [-0.39, 0.29) is 11.9 Å². The highest BCUT2D eigenvalue weighted by Crippen LogP contribution is 1.98. The van der Waals surface area contributed by atoms with Gasteiger partial charge in [0.1, 0.15) is 12.8 Å². The fourth-order valence-corrected chi connectivity index (χ4v) is 0.814. The van der Waals surface area contributed by atoms with E-state index in [2.05, 4.69) is 5.32 Å². The summed E-state index contributed by atoms with van der Waals surface area (Å²) in [6, 6.07) is -0.275. The summed E-state index contributed by atoms with van der Waals surface area (Å²) in [4.78, 5) is 10.5. The van der Waals surface area contributed by atoms with Crippen LogP contribution in [0, 0.1) is 0 Å². The molecule has 0 spiro atoms. The van der Waals surface area contributed by atoms with E-state index in [0.717, 1.165) is 0 Å². The molecule has 0 aliphatic heterocycles. The Bertz CT molecular complexity index is 126. The van der Waals surface area contributed by atoms with Crippen LogP contribution in [-0.2, 0) is 9.53 Å². The van der Waals surface area contributed by atoms with Crippen molar-refractivity contribution in [2.24, 2.45) is 0 Å². The first-order valence-corrected chi connectivity index (χ1v) is 3.47. The van der Waals surface area contributed by atoms with Crippen LogP contribution in [0.2, 0.25) is 0 Å². The van der Waals surface area contributed by atoms with Gasteiger partial charge in [0.05, 0.1) is 6.04 Å². The van der Waals surface area contributed by atoms with Crippen molar-refractivity contribution in [1.29, 1.82) is 0 Å². The van der Waals surface area contributed by atoms with Gasteiger partial charge in [-0.25, -0.2) is 4.39 Å². The number of amides is 1. The molecule has 1 amide bonds. The van der Waals surface area contributed by atoms with Crippen LogP contribution in [0.5, 0.6) is 0 Å². The number of ether oxygens (including phenoxy) is 1. The Hall–Kier alpha value is -0.640. The molecule has 66 valence electrons. The van der Waals surface area contributed by atoms with Crippen molar-refractivity contribution in [2.75, 3.05) is 13.8 Å². The molecule has 0 heterocycles. The maximum atomic E-state index is 12.1. The Kier molecular flexibility index (Phi) is 4.77. The molecule has 0 radical (unpaired) electrons. The third kappa shape index (κ3) is 3.93. The van der Waals surface area contributed by atoms with Gasteiger partial charge in [-0.3, -0.25) is 4.79 Å². The number of carbonyl (C=O) groups is 1. The first kappa shape index (κ1) is 10.4. The number of carbonyl (C=O) groups excluding carboxylic acids is 1. The normalized spacial score (nSPS) is 15.6.